The molecule has 0 bridgehead atoms. The molecule has 0 radical (unpaired) electrons. The van der Waals surface area contributed by atoms with Crippen molar-refractivity contribution in [1.82, 2.24) is 4.90 Å². The van der Waals surface area contributed by atoms with E-state index in [9.17, 15) is 4.79 Å². The van der Waals surface area contributed by atoms with Crippen LogP contribution in [0.4, 0.5) is 0 Å². The smallest absolute Gasteiger partial charge is 0.222 e. The number of methoxy groups -OCH3 is 2. The van der Waals surface area contributed by atoms with Gasteiger partial charge in [-0.3, -0.25) is 4.79 Å². The maximum absolute atomic E-state index is 12.2. The summed E-state index contributed by atoms with van der Waals surface area (Å²) in [4.78, 5) is 14.1. The number of hydrogen-bond acceptors (Lipinski definition) is 3. The van der Waals surface area contributed by atoms with Gasteiger partial charge < -0.3 is 14.4 Å². The van der Waals surface area contributed by atoms with Crippen LogP contribution in [0.15, 0.2) is 0 Å². The van der Waals surface area contributed by atoms with E-state index in [0.29, 0.717) is 32.7 Å². The van der Waals surface area contributed by atoms with Gasteiger partial charge in [0.2, 0.25) is 5.91 Å². The van der Waals surface area contributed by atoms with E-state index < -0.39 is 0 Å². The van der Waals surface area contributed by atoms with Gasteiger partial charge in [-0.05, 0) is 12.3 Å². The van der Waals surface area contributed by atoms with Gasteiger partial charge in [0.15, 0.2) is 0 Å². The SMILES string of the molecule is COCCN(CCOC)C(=O)CCC1CCCCC1. The molecule has 1 rings (SSSR count). The van der Waals surface area contributed by atoms with Crippen LogP contribution in [-0.2, 0) is 14.3 Å². The number of ether oxygens (including phenoxy) is 2. The highest BCUT2D eigenvalue weighted by Crippen LogP contribution is 2.27. The molecule has 0 atom stereocenters. The summed E-state index contributed by atoms with van der Waals surface area (Å²) in [5.41, 5.74) is 0. The van der Waals surface area contributed by atoms with E-state index in [1.54, 1.807) is 14.2 Å². The Hall–Kier alpha value is -0.610. The molecule has 1 aliphatic carbocycles. The fourth-order valence-corrected chi connectivity index (χ4v) is 2.73. The third-order valence-electron chi connectivity index (χ3n) is 3.97. The fraction of sp³-hybridized carbons (Fsp3) is 0.933. The van der Waals surface area contributed by atoms with E-state index in [0.717, 1.165) is 12.3 Å². The van der Waals surface area contributed by atoms with Crippen molar-refractivity contribution in [2.75, 3.05) is 40.5 Å². The molecule has 4 nitrogen and oxygen atoms in total. The minimum atomic E-state index is 0.250. The maximum Gasteiger partial charge on any atom is 0.222 e. The van der Waals surface area contributed by atoms with Crippen LogP contribution in [0.5, 0.6) is 0 Å². The first-order valence-electron chi connectivity index (χ1n) is 7.53. The lowest BCUT2D eigenvalue weighted by molar-refractivity contribution is -0.132. The number of amides is 1. The monoisotopic (exact) mass is 271 g/mol. The summed E-state index contributed by atoms with van der Waals surface area (Å²) in [6.07, 6.45) is 8.41. The molecule has 1 fully saturated rings. The second-order valence-corrected chi connectivity index (χ2v) is 5.41. The molecule has 0 aliphatic heterocycles. The minimum absolute atomic E-state index is 0.250. The molecule has 0 unspecified atom stereocenters. The fourth-order valence-electron chi connectivity index (χ4n) is 2.73. The van der Waals surface area contributed by atoms with E-state index >= 15 is 0 Å². The lowest BCUT2D eigenvalue weighted by Gasteiger charge is -2.25. The molecule has 4 heteroatoms. The first kappa shape index (κ1) is 16.4. The Morgan fingerprint density at radius 1 is 1.05 bits per heavy atom. The number of hydrogen-bond donors (Lipinski definition) is 0. The van der Waals surface area contributed by atoms with E-state index in [2.05, 4.69) is 0 Å². The van der Waals surface area contributed by atoms with Gasteiger partial charge in [-0.15, -0.1) is 0 Å². The molecule has 19 heavy (non-hydrogen) atoms. The summed E-state index contributed by atoms with van der Waals surface area (Å²) < 4.78 is 10.1. The highest BCUT2D eigenvalue weighted by Gasteiger charge is 2.18. The van der Waals surface area contributed by atoms with Gasteiger partial charge in [0.25, 0.3) is 0 Å². The van der Waals surface area contributed by atoms with Crippen molar-refractivity contribution in [2.24, 2.45) is 5.92 Å². The molecule has 0 aromatic rings. The average Bonchev–Trinajstić information content (AvgIpc) is 2.46. The predicted octanol–water partition coefficient (Wildman–Crippen LogP) is 2.47. The molecule has 0 saturated heterocycles. The second-order valence-electron chi connectivity index (χ2n) is 5.41. The number of nitrogens with zero attached hydrogens (tertiary/aromatic N) is 1. The summed E-state index contributed by atoms with van der Waals surface area (Å²) >= 11 is 0. The van der Waals surface area contributed by atoms with Crippen LogP contribution in [-0.4, -0.2) is 51.3 Å². The van der Waals surface area contributed by atoms with Crippen LogP contribution >= 0.6 is 0 Å². The Labute approximate surface area is 117 Å². The first-order valence-corrected chi connectivity index (χ1v) is 7.53. The van der Waals surface area contributed by atoms with Crippen molar-refractivity contribution in [3.05, 3.63) is 0 Å². The lowest BCUT2D eigenvalue weighted by Crippen LogP contribution is -2.36. The largest absolute Gasteiger partial charge is 0.383 e. The Morgan fingerprint density at radius 3 is 2.16 bits per heavy atom. The van der Waals surface area contributed by atoms with Crippen molar-refractivity contribution < 1.29 is 14.3 Å². The van der Waals surface area contributed by atoms with E-state index in [1.807, 2.05) is 4.90 Å². The summed E-state index contributed by atoms with van der Waals surface area (Å²) in [5, 5.41) is 0. The molecule has 0 N–H and O–H groups in total. The van der Waals surface area contributed by atoms with Crippen molar-refractivity contribution in [1.29, 1.82) is 0 Å². The quantitative estimate of drug-likeness (QED) is 0.646. The number of rotatable bonds is 9. The predicted molar refractivity (Wildman–Crippen MR) is 76.1 cm³/mol. The molecule has 1 amide bonds. The molecule has 112 valence electrons. The van der Waals surface area contributed by atoms with Gasteiger partial charge in [0.1, 0.15) is 0 Å². The van der Waals surface area contributed by atoms with Gasteiger partial charge >= 0.3 is 0 Å². The lowest BCUT2D eigenvalue weighted by atomic mass is 9.86. The highest BCUT2D eigenvalue weighted by molar-refractivity contribution is 5.76. The van der Waals surface area contributed by atoms with Crippen LogP contribution in [0.2, 0.25) is 0 Å². The standard InChI is InChI=1S/C15H29NO3/c1-18-12-10-16(11-13-19-2)15(17)9-8-14-6-4-3-5-7-14/h14H,3-13H2,1-2H3. The van der Waals surface area contributed by atoms with Crippen LogP contribution in [0, 0.1) is 5.92 Å². The summed E-state index contributed by atoms with van der Waals surface area (Å²) in [6.45, 7) is 2.53. The van der Waals surface area contributed by atoms with Gasteiger partial charge in [-0.2, -0.15) is 0 Å². The normalized spacial score (nSPS) is 16.5. The Balaban J connectivity index is 2.28. The van der Waals surface area contributed by atoms with Crippen molar-refractivity contribution in [2.45, 2.75) is 44.9 Å². The summed E-state index contributed by atoms with van der Waals surface area (Å²) in [7, 11) is 3.34. The average molecular weight is 271 g/mol. The minimum Gasteiger partial charge on any atom is -0.383 e. The summed E-state index contributed by atoms with van der Waals surface area (Å²) in [6, 6.07) is 0. The first-order chi connectivity index (χ1) is 9.27. The Morgan fingerprint density at radius 2 is 1.63 bits per heavy atom. The molecule has 0 spiro atoms. The molecular formula is C15H29NO3. The van der Waals surface area contributed by atoms with Crippen molar-refractivity contribution >= 4 is 5.91 Å². The zero-order valence-corrected chi connectivity index (χ0v) is 12.5. The highest BCUT2D eigenvalue weighted by atomic mass is 16.5. The zero-order chi connectivity index (χ0) is 13.9. The maximum atomic E-state index is 12.2. The second kappa shape index (κ2) is 10.2. The third-order valence-corrected chi connectivity index (χ3v) is 3.97. The Bertz CT molecular complexity index is 232. The van der Waals surface area contributed by atoms with E-state index in [4.69, 9.17) is 9.47 Å². The molecule has 1 aliphatic rings. The molecule has 0 aromatic carbocycles. The molecule has 0 aromatic heterocycles. The van der Waals surface area contributed by atoms with Crippen molar-refractivity contribution in [3.63, 3.8) is 0 Å². The molecule has 1 saturated carbocycles. The van der Waals surface area contributed by atoms with Gasteiger partial charge in [0, 0.05) is 33.7 Å². The Kier molecular flexibility index (Phi) is 8.84. The zero-order valence-electron chi connectivity index (χ0n) is 12.5. The molecular weight excluding hydrogens is 242 g/mol. The van der Waals surface area contributed by atoms with Crippen molar-refractivity contribution in [3.8, 4) is 0 Å². The van der Waals surface area contributed by atoms with E-state index in [-0.39, 0.29) is 5.91 Å². The van der Waals surface area contributed by atoms with Gasteiger partial charge in [-0.1, -0.05) is 32.1 Å². The number of carbonyl (C=O) groups is 1. The molecule has 0 heterocycles. The van der Waals surface area contributed by atoms with Gasteiger partial charge in [-0.25, -0.2) is 0 Å². The third kappa shape index (κ3) is 6.92. The van der Waals surface area contributed by atoms with Crippen LogP contribution in [0.1, 0.15) is 44.9 Å². The van der Waals surface area contributed by atoms with Gasteiger partial charge in [0.05, 0.1) is 13.2 Å². The summed E-state index contributed by atoms with van der Waals surface area (Å²) in [5.74, 6) is 1.02. The topological polar surface area (TPSA) is 38.8 Å². The van der Waals surface area contributed by atoms with Crippen LogP contribution < -0.4 is 0 Å². The van der Waals surface area contributed by atoms with Crippen LogP contribution in [0.25, 0.3) is 0 Å². The van der Waals surface area contributed by atoms with E-state index in [1.165, 1.54) is 32.1 Å². The number of carbonyl (C=O) groups excluding carboxylic acids is 1. The van der Waals surface area contributed by atoms with Crippen LogP contribution in [0.3, 0.4) is 0 Å².